The normalized spacial score (nSPS) is 13.2. The van der Waals surface area contributed by atoms with Crippen LogP contribution in [-0.2, 0) is 4.79 Å². The van der Waals surface area contributed by atoms with Crippen molar-refractivity contribution in [1.82, 2.24) is 4.57 Å². The molecule has 1 aromatic carbocycles. The molecule has 0 saturated heterocycles. The molecule has 1 atom stereocenters. The van der Waals surface area contributed by atoms with Crippen molar-refractivity contribution >= 4 is 16.9 Å². The van der Waals surface area contributed by atoms with Crippen LogP contribution in [0.3, 0.4) is 0 Å². The highest BCUT2D eigenvalue weighted by Crippen LogP contribution is 2.30. The monoisotopic (exact) mass is 245 g/mol. The minimum atomic E-state index is -0.780. The Morgan fingerprint density at radius 1 is 1.28 bits per heavy atom. The molecular formula is C15H19NO2. The van der Waals surface area contributed by atoms with Crippen molar-refractivity contribution in [2.75, 3.05) is 0 Å². The molecule has 0 radical (unpaired) electrons. The van der Waals surface area contributed by atoms with E-state index in [4.69, 9.17) is 0 Å². The number of fused-ring (bicyclic) bond motifs is 1. The van der Waals surface area contributed by atoms with Crippen LogP contribution in [0.15, 0.2) is 24.3 Å². The van der Waals surface area contributed by atoms with Gasteiger partial charge in [0, 0.05) is 22.6 Å². The predicted molar refractivity (Wildman–Crippen MR) is 73.1 cm³/mol. The highest BCUT2D eigenvalue weighted by Gasteiger charge is 2.19. The van der Waals surface area contributed by atoms with E-state index in [2.05, 4.69) is 37.5 Å². The molecule has 3 heteroatoms. The molecule has 3 nitrogen and oxygen atoms in total. The Labute approximate surface area is 107 Å². The van der Waals surface area contributed by atoms with Gasteiger partial charge < -0.3 is 9.67 Å². The fourth-order valence-corrected chi connectivity index (χ4v) is 2.60. The van der Waals surface area contributed by atoms with Crippen molar-refractivity contribution < 1.29 is 9.90 Å². The largest absolute Gasteiger partial charge is 0.481 e. The van der Waals surface area contributed by atoms with Crippen LogP contribution in [0, 0.1) is 6.92 Å². The summed E-state index contributed by atoms with van der Waals surface area (Å²) < 4.78 is 2.24. The van der Waals surface area contributed by atoms with Crippen LogP contribution < -0.4 is 0 Å². The summed E-state index contributed by atoms with van der Waals surface area (Å²) in [4.78, 5) is 11.2. The third-order valence-corrected chi connectivity index (χ3v) is 3.46. The van der Waals surface area contributed by atoms with Gasteiger partial charge in [0.15, 0.2) is 0 Å². The zero-order valence-corrected chi connectivity index (χ0v) is 11.3. The Morgan fingerprint density at radius 3 is 2.50 bits per heavy atom. The van der Waals surface area contributed by atoms with E-state index in [9.17, 15) is 9.90 Å². The van der Waals surface area contributed by atoms with E-state index in [0.717, 1.165) is 16.5 Å². The molecule has 0 spiro atoms. The Hall–Kier alpha value is -1.77. The molecule has 1 unspecified atom stereocenters. The lowest BCUT2D eigenvalue weighted by molar-refractivity contribution is -0.138. The van der Waals surface area contributed by atoms with Gasteiger partial charge in [-0.15, -0.1) is 0 Å². The van der Waals surface area contributed by atoms with Crippen LogP contribution in [0.1, 0.15) is 44.0 Å². The molecule has 1 heterocycles. The lowest BCUT2D eigenvalue weighted by Gasteiger charge is -2.13. The van der Waals surface area contributed by atoms with Crippen LogP contribution >= 0.6 is 0 Å². The smallest absolute Gasteiger partial charge is 0.310 e. The minimum Gasteiger partial charge on any atom is -0.481 e. The van der Waals surface area contributed by atoms with Crippen LogP contribution in [-0.4, -0.2) is 15.6 Å². The molecule has 0 bridgehead atoms. The highest BCUT2D eigenvalue weighted by atomic mass is 16.4. The number of hydrogen-bond donors (Lipinski definition) is 1. The average molecular weight is 245 g/mol. The molecule has 0 aliphatic rings. The Bertz CT molecular complexity index is 596. The van der Waals surface area contributed by atoms with Crippen molar-refractivity contribution in [3.63, 3.8) is 0 Å². The SMILES string of the molecule is Cc1cc2c(C(C)C(=O)O)cccc2n1C(C)C. The summed E-state index contributed by atoms with van der Waals surface area (Å²) in [6, 6.07) is 8.36. The van der Waals surface area contributed by atoms with Crippen molar-refractivity contribution in [1.29, 1.82) is 0 Å². The van der Waals surface area contributed by atoms with Crippen LogP contribution in [0.2, 0.25) is 0 Å². The Morgan fingerprint density at radius 2 is 1.94 bits per heavy atom. The average Bonchev–Trinajstić information content (AvgIpc) is 2.63. The van der Waals surface area contributed by atoms with E-state index in [1.807, 2.05) is 12.1 Å². The quantitative estimate of drug-likeness (QED) is 0.895. The lowest BCUT2D eigenvalue weighted by atomic mass is 9.97. The lowest BCUT2D eigenvalue weighted by Crippen LogP contribution is -2.08. The van der Waals surface area contributed by atoms with Gasteiger partial charge in [-0.05, 0) is 45.4 Å². The molecule has 96 valence electrons. The Kier molecular flexibility index (Phi) is 3.16. The van der Waals surface area contributed by atoms with E-state index in [0.29, 0.717) is 6.04 Å². The van der Waals surface area contributed by atoms with E-state index < -0.39 is 11.9 Å². The standard InChI is InChI=1S/C15H19NO2/c1-9(2)16-10(3)8-13-12(11(4)15(17)18)6-5-7-14(13)16/h5-9,11H,1-4H3,(H,17,18). The molecular weight excluding hydrogens is 226 g/mol. The summed E-state index contributed by atoms with van der Waals surface area (Å²) in [6.07, 6.45) is 0. The topological polar surface area (TPSA) is 42.2 Å². The first-order valence-corrected chi connectivity index (χ1v) is 6.26. The molecule has 2 rings (SSSR count). The summed E-state index contributed by atoms with van der Waals surface area (Å²) in [5.74, 6) is -1.26. The summed E-state index contributed by atoms with van der Waals surface area (Å²) >= 11 is 0. The summed E-state index contributed by atoms with van der Waals surface area (Å²) in [5, 5.41) is 10.2. The van der Waals surface area contributed by atoms with Gasteiger partial charge in [0.2, 0.25) is 0 Å². The van der Waals surface area contributed by atoms with Crippen molar-refractivity contribution in [2.24, 2.45) is 0 Å². The summed E-state index contributed by atoms with van der Waals surface area (Å²) in [7, 11) is 0. The maximum absolute atomic E-state index is 11.2. The van der Waals surface area contributed by atoms with E-state index in [1.165, 1.54) is 5.69 Å². The van der Waals surface area contributed by atoms with Gasteiger partial charge in [0.1, 0.15) is 0 Å². The molecule has 0 aliphatic carbocycles. The number of aromatic nitrogens is 1. The van der Waals surface area contributed by atoms with Crippen molar-refractivity contribution in [3.8, 4) is 0 Å². The molecule has 0 saturated carbocycles. The van der Waals surface area contributed by atoms with Gasteiger partial charge in [0.25, 0.3) is 0 Å². The van der Waals surface area contributed by atoms with Crippen molar-refractivity contribution in [3.05, 3.63) is 35.5 Å². The van der Waals surface area contributed by atoms with Crippen LogP contribution in [0.4, 0.5) is 0 Å². The minimum absolute atomic E-state index is 0.373. The number of carboxylic acid groups (broad SMARTS) is 1. The zero-order valence-electron chi connectivity index (χ0n) is 11.3. The predicted octanol–water partition coefficient (Wildman–Crippen LogP) is 3.72. The molecule has 1 aromatic heterocycles. The highest BCUT2D eigenvalue weighted by molar-refractivity contribution is 5.90. The third-order valence-electron chi connectivity index (χ3n) is 3.46. The molecule has 0 fully saturated rings. The van der Waals surface area contributed by atoms with Crippen molar-refractivity contribution in [2.45, 2.75) is 39.7 Å². The second-order valence-electron chi connectivity index (χ2n) is 5.09. The molecule has 1 N–H and O–H groups in total. The fraction of sp³-hybridized carbons (Fsp3) is 0.400. The first-order valence-electron chi connectivity index (χ1n) is 6.26. The number of aliphatic carboxylic acids is 1. The number of hydrogen-bond acceptors (Lipinski definition) is 1. The number of nitrogens with zero attached hydrogens (tertiary/aromatic N) is 1. The maximum atomic E-state index is 11.2. The molecule has 0 amide bonds. The zero-order chi connectivity index (χ0) is 13.4. The molecule has 2 aromatic rings. The van der Waals surface area contributed by atoms with Gasteiger partial charge in [-0.3, -0.25) is 4.79 Å². The second-order valence-corrected chi connectivity index (χ2v) is 5.09. The fourth-order valence-electron chi connectivity index (χ4n) is 2.60. The summed E-state index contributed by atoms with van der Waals surface area (Å²) in [6.45, 7) is 8.08. The van der Waals surface area contributed by atoms with E-state index >= 15 is 0 Å². The molecule has 0 aliphatic heterocycles. The van der Waals surface area contributed by atoms with E-state index in [-0.39, 0.29) is 0 Å². The van der Waals surface area contributed by atoms with Gasteiger partial charge in [-0.25, -0.2) is 0 Å². The third kappa shape index (κ3) is 1.90. The number of benzene rings is 1. The van der Waals surface area contributed by atoms with Gasteiger partial charge in [0.05, 0.1) is 5.92 Å². The van der Waals surface area contributed by atoms with Crippen LogP contribution in [0.5, 0.6) is 0 Å². The van der Waals surface area contributed by atoms with Gasteiger partial charge in [-0.1, -0.05) is 12.1 Å². The second kappa shape index (κ2) is 4.48. The maximum Gasteiger partial charge on any atom is 0.310 e. The number of carbonyl (C=O) groups is 1. The van der Waals surface area contributed by atoms with E-state index in [1.54, 1.807) is 6.92 Å². The molecule has 18 heavy (non-hydrogen) atoms. The Balaban J connectivity index is 2.72. The van der Waals surface area contributed by atoms with Gasteiger partial charge >= 0.3 is 5.97 Å². The summed E-state index contributed by atoms with van der Waals surface area (Å²) in [5.41, 5.74) is 3.18. The number of aryl methyl sites for hydroxylation is 1. The number of rotatable bonds is 3. The van der Waals surface area contributed by atoms with Crippen LogP contribution in [0.25, 0.3) is 10.9 Å². The number of carboxylic acids is 1. The van der Waals surface area contributed by atoms with Gasteiger partial charge in [-0.2, -0.15) is 0 Å². The first-order chi connectivity index (χ1) is 8.43. The first kappa shape index (κ1) is 12.7.